The molecule has 4 nitrogen and oxygen atoms in total. The first kappa shape index (κ1) is 20.8. The Morgan fingerprint density at radius 1 is 1.07 bits per heavy atom. The van der Waals surface area contributed by atoms with Crippen LogP contribution in [-0.4, -0.2) is 23.4 Å². The van der Waals surface area contributed by atoms with E-state index in [1.54, 1.807) is 4.90 Å². The molecule has 0 spiro atoms. The van der Waals surface area contributed by atoms with E-state index in [2.05, 4.69) is 6.92 Å². The summed E-state index contributed by atoms with van der Waals surface area (Å²) in [6.45, 7) is 6.71. The van der Waals surface area contributed by atoms with Crippen LogP contribution in [0.15, 0.2) is 65.9 Å². The molecule has 0 aliphatic carbocycles. The van der Waals surface area contributed by atoms with Gasteiger partial charge in [-0.1, -0.05) is 73.5 Å². The third-order valence-corrected chi connectivity index (χ3v) is 5.31. The second-order valence-electron chi connectivity index (χ2n) is 7.46. The number of ether oxygens (including phenoxy) is 1. The van der Waals surface area contributed by atoms with E-state index in [1.165, 1.54) is 5.56 Å². The van der Waals surface area contributed by atoms with Crippen LogP contribution in [0.25, 0.3) is 0 Å². The summed E-state index contributed by atoms with van der Waals surface area (Å²) >= 11 is 0. The molecule has 0 bridgehead atoms. The molecule has 1 heterocycles. The van der Waals surface area contributed by atoms with Crippen molar-refractivity contribution in [2.45, 2.75) is 52.5 Å². The summed E-state index contributed by atoms with van der Waals surface area (Å²) in [5.41, 5.74) is 4.65. The van der Waals surface area contributed by atoms with Crippen LogP contribution in [0, 0.1) is 6.92 Å². The highest BCUT2D eigenvalue weighted by Crippen LogP contribution is 2.39. The largest absolute Gasteiger partial charge is 0.463 e. The lowest BCUT2D eigenvalue weighted by Gasteiger charge is -2.36. The zero-order valence-corrected chi connectivity index (χ0v) is 17.5. The van der Waals surface area contributed by atoms with E-state index in [9.17, 15) is 9.59 Å². The standard InChI is InChI=1S/C25H29NO3/c1-4-9-22-24(25(28)29-5-2)21(20-10-7-6-8-11-20)16-23(27)26(22)17-19-14-12-18(3)13-15-19/h6-8,10-15,21H,4-5,9,16-17H2,1-3H3. The number of carbonyl (C=O) groups is 2. The molecular formula is C25H29NO3. The summed E-state index contributed by atoms with van der Waals surface area (Å²) in [6, 6.07) is 18.0. The Morgan fingerprint density at radius 3 is 2.38 bits per heavy atom. The zero-order chi connectivity index (χ0) is 20.8. The van der Waals surface area contributed by atoms with Crippen molar-refractivity contribution in [3.63, 3.8) is 0 Å². The molecule has 1 atom stereocenters. The minimum Gasteiger partial charge on any atom is -0.463 e. The Balaban J connectivity index is 2.08. The summed E-state index contributed by atoms with van der Waals surface area (Å²) in [4.78, 5) is 28.0. The number of hydrogen-bond donors (Lipinski definition) is 0. The molecule has 1 amide bonds. The molecule has 152 valence electrons. The zero-order valence-electron chi connectivity index (χ0n) is 17.5. The number of hydrogen-bond acceptors (Lipinski definition) is 3. The van der Waals surface area contributed by atoms with Crippen LogP contribution in [0.5, 0.6) is 0 Å². The molecular weight excluding hydrogens is 362 g/mol. The van der Waals surface area contributed by atoms with Gasteiger partial charge in [-0.15, -0.1) is 0 Å². The van der Waals surface area contributed by atoms with Crippen LogP contribution in [-0.2, 0) is 20.9 Å². The molecule has 1 aliphatic heterocycles. The molecule has 4 heteroatoms. The molecule has 3 rings (SSSR count). The summed E-state index contributed by atoms with van der Waals surface area (Å²) < 4.78 is 5.42. The Kier molecular flexibility index (Phi) is 6.86. The van der Waals surface area contributed by atoms with E-state index >= 15 is 0 Å². The number of nitrogens with zero attached hydrogens (tertiary/aromatic N) is 1. The van der Waals surface area contributed by atoms with Gasteiger partial charge in [0.25, 0.3) is 0 Å². The maximum atomic E-state index is 13.2. The van der Waals surface area contributed by atoms with Gasteiger partial charge in [-0.3, -0.25) is 4.79 Å². The molecule has 2 aromatic rings. The molecule has 1 aliphatic rings. The first-order chi connectivity index (χ1) is 14.0. The van der Waals surface area contributed by atoms with Gasteiger partial charge in [0.05, 0.1) is 18.7 Å². The lowest BCUT2D eigenvalue weighted by atomic mass is 9.82. The molecule has 1 unspecified atom stereocenters. The van der Waals surface area contributed by atoms with Crippen LogP contribution < -0.4 is 0 Å². The Morgan fingerprint density at radius 2 is 1.76 bits per heavy atom. The van der Waals surface area contributed by atoms with E-state index in [0.717, 1.165) is 23.2 Å². The van der Waals surface area contributed by atoms with Crippen molar-refractivity contribution >= 4 is 11.9 Å². The van der Waals surface area contributed by atoms with Gasteiger partial charge in [0.1, 0.15) is 0 Å². The molecule has 0 saturated heterocycles. The van der Waals surface area contributed by atoms with Crippen molar-refractivity contribution < 1.29 is 14.3 Å². The van der Waals surface area contributed by atoms with Gasteiger partial charge in [-0.05, 0) is 31.4 Å². The van der Waals surface area contributed by atoms with Gasteiger partial charge < -0.3 is 9.64 Å². The summed E-state index contributed by atoms with van der Waals surface area (Å²) in [5, 5.41) is 0. The van der Waals surface area contributed by atoms with Gasteiger partial charge in [0.15, 0.2) is 0 Å². The number of allylic oxidation sites excluding steroid dienone is 1. The topological polar surface area (TPSA) is 46.6 Å². The summed E-state index contributed by atoms with van der Waals surface area (Å²) in [5.74, 6) is -0.527. The minimum absolute atomic E-state index is 0.0518. The molecule has 0 fully saturated rings. The fourth-order valence-electron chi connectivity index (χ4n) is 3.89. The third-order valence-electron chi connectivity index (χ3n) is 5.31. The van der Waals surface area contributed by atoms with E-state index < -0.39 is 0 Å². The average Bonchev–Trinajstić information content (AvgIpc) is 2.72. The lowest BCUT2D eigenvalue weighted by Crippen LogP contribution is -2.39. The number of rotatable bonds is 7. The Labute approximate surface area is 173 Å². The highest BCUT2D eigenvalue weighted by atomic mass is 16.5. The summed E-state index contributed by atoms with van der Waals surface area (Å²) in [6.07, 6.45) is 1.78. The number of amides is 1. The van der Waals surface area contributed by atoms with E-state index in [-0.39, 0.29) is 24.2 Å². The number of esters is 1. The predicted octanol–water partition coefficient (Wildman–Crippen LogP) is 5.13. The Bertz CT molecular complexity index is 884. The first-order valence-corrected chi connectivity index (χ1v) is 10.4. The van der Waals surface area contributed by atoms with Crippen molar-refractivity contribution in [1.29, 1.82) is 0 Å². The van der Waals surface area contributed by atoms with Gasteiger partial charge in [-0.2, -0.15) is 0 Å². The molecule has 2 aromatic carbocycles. The summed E-state index contributed by atoms with van der Waals surface area (Å²) in [7, 11) is 0. The maximum Gasteiger partial charge on any atom is 0.336 e. The van der Waals surface area contributed by atoms with Gasteiger partial charge in [0, 0.05) is 18.0 Å². The predicted molar refractivity (Wildman–Crippen MR) is 114 cm³/mol. The molecule has 29 heavy (non-hydrogen) atoms. The monoisotopic (exact) mass is 391 g/mol. The maximum absolute atomic E-state index is 13.2. The van der Waals surface area contributed by atoms with Crippen molar-refractivity contribution in [2.75, 3.05) is 6.61 Å². The average molecular weight is 392 g/mol. The lowest BCUT2D eigenvalue weighted by molar-refractivity contribution is -0.140. The molecule has 0 aromatic heterocycles. The van der Waals surface area contributed by atoms with E-state index in [4.69, 9.17) is 4.74 Å². The van der Waals surface area contributed by atoms with Crippen LogP contribution in [0.3, 0.4) is 0 Å². The Hall–Kier alpha value is -2.88. The normalized spacial score (nSPS) is 16.9. The van der Waals surface area contributed by atoms with Crippen molar-refractivity contribution in [3.05, 3.63) is 82.6 Å². The highest BCUT2D eigenvalue weighted by Gasteiger charge is 2.38. The minimum atomic E-state index is -0.314. The highest BCUT2D eigenvalue weighted by molar-refractivity contribution is 5.96. The van der Waals surface area contributed by atoms with Crippen LogP contribution in [0.1, 0.15) is 55.7 Å². The number of benzene rings is 2. The second-order valence-corrected chi connectivity index (χ2v) is 7.46. The SMILES string of the molecule is CCCC1=C(C(=O)OCC)C(c2ccccc2)CC(=O)N1Cc1ccc(C)cc1. The van der Waals surface area contributed by atoms with E-state index in [0.29, 0.717) is 25.1 Å². The molecule has 0 radical (unpaired) electrons. The van der Waals surface area contributed by atoms with Gasteiger partial charge in [0.2, 0.25) is 5.91 Å². The van der Waals surface area contributed by atoms with Crippen LogP contribution in [0.4, 0.5) is 0 Å². The molecule has 0 N–H and O–H groups in total. The number of carbonyl (C=O) groups excluding carboxylic acids is 2. The van der Waals surface area contributed by atoms with Crippen molar-refractivity contribution in [1.82, 2.24) is 4.90 Å². The van der Waals surface area contributed by atoms with Crippen LogP contribution >= 0.6 is 0 Å². The first-order valence-electron chi connectivity index (χ1n) is 10.4. The quantitative estimate of drug-likeness (QED) is 0.615. The second kappa shape index (κ2) is 9.55. The fraction of sp³-hybridized carbons (Fsp3) is 0.360. The number of aryl methyl sites for hydroxylation is 1. The third kappa shape index (κ3) is 4.76. The van der Waals surface area contributed by atoms with Gasteiger partial charge in [-0.25, -0.2) is 4.79 Å². The van der Waals surface area contributed by atoms with Crippen LogP contribution in [0.2, 0.25) is 0 Å². The van der Waals surface area contributed by atoms with Gasteiger partial charge >= 0.3 is 5.97 Å². The van der Waals surface area contributed by atoms with E-state index in [1.807, 2.05) is 68.4 Å². The molecule has 0 saturated carbocycles. The van der Waals surface area contributed by atoms with Crippen molar-refractivity contribution in [3.8, 4) is 0 Å². The van der Waals surface area contributed by atoms with Crippen molar-refractivity contribution in [2.24, 2.45) is 0 Å². The fourth-order valence-corrected chi connectivity index (χ4v) is 3.89. The smallest absolute Gasteiger partial charge is 0.336 e.